The molecule has 0 atom stereocenters. The van der Waals surface area contributed by atoms with Crippen LogP contribution in [0.1, 0.15) is 25.5 Å². The Balaban J connectivity index is 1.93. The van der Waals surface area contributed by atoms with Crippen LogP contribution in [0.5, 0.6) is 5.75 Å². The number of anilines is 1. The molecule has 6 heteroatoms. The summed E-state index contributed by atoms with van der Waals surface area (Å²) in [6.45, 7) is 4.11. The van der Waals surface area contributed by atoms with Crippen LogP contribution in [0.3, 0.4) is 0 Å². The normalized spacial score (nSPS) is 15.6. The summed E-state index contributed by atoms with van der Waals surface area (Å²) in [5.41, 5.74) is 1.16. The quantitative estimate of drug-likeness (QED) is 0.870. The summed E-state index contributed by atoms with van der Waals surface area (Å²) in [5, 5.41) is 18.2. The predicted octanol–water partition coefficient (Wildman–Crippen LogP) is 2.38. The zero-order valence-electron chi connectivity index (χ0n) is 12.9. The van der Waals surface area contributed by atoms with Crippen LogP contribution in [0, 0.1) is 17.2 Å². The summed E-state index contributed by atoms with van der Waals surface area (Å²) < 4.78 is 5.22. The molecule has 0 spiro atoms. The maximum absolute atomic E-state index is 9.34. The van der Waals surface area contributed by atoms with E-state index in [1.807, 2.05) is 24.3 Å². The van der Waals surface area contributed by atoms with E-state index in [9.17, 15) is 5.26 Å². The minimum absolute atomic E-state index is 0.373. The van der Waals surface area contributed by atoms with Crippen molar-refractivity contribution in [2.24, 2.45) is 5.92 Å². The van der Waals surface area contributed by atoms with Crippen LogP contribution in [-0.4, -0.2) is 35.2 Å². The van der Waals surface area contributed by atoms with Crippen molar-refractivity contribution < 1.29 is 4.74 Å². The van der Waals surface area contributed by atoms with E-state index in [1.165, 1.54) is 4.80 Å². The summed E-state index contributed by atoms with van der Waals surface area (Å²) in [6.07, 6.45) is 2.24. The SMILES string of the molecule is COc1cccc(-n2nc(C#N)c(N3CCC(C)CC3)n2)c1. The highest BCUT2D eigenvalue weighted by molar-refractivity contribution is 5.51. The maximum Gasteiger partial charge on any atom is 0.207 e. The van der Waals surface area contributed by atoms with E-state index in [0.29, 0.717) is 11.5 Å². The van der Waals surface area contributed by atoms with Crippen molar-refractivity contribution in [2.75, 3.05) is 25.1 Å². The van der Waals surface area contributed by atoms with Gasteiger partial charge in [-0.2, -0.15) is 5.26 Å². The third-order valence-electron chi connectivity index (χ3n) is 4.07. The molecule has 1 fully saturated rings. The molecule has 1 aliphatic heterocycles. The summed E-state index contributed by atoms with van der Waals surface area (Å²) in [4.78, 5) is 3.66. The van der Waals surface area contributed by atoms with Crippen LogP contribution in [0.25, 0.3) is 5.69 Å². The highest BCUT2D eigenvalue weighted by atomic mass is 16.5. The number of hydrogen-bond acceptors (Lipinski definition) is 5. The lowest BCUT2D eigenvalue weighted by molar-refractivity contribution is 0.414. The third kappa shape index (κ3) is 2.75. The van der Waals surface area contributed by atoms with Crippen LogP contribution in [-0.2, 0) is 0 Å². The largest absolute Gasteiger partial charge is 0.497 e. The molecule has 1 saturated heterocycles. The highest BCUT2D eigenvalue weighted by Gasteiger charge is 2.22. The smallest absolute Gasteiger partial charge is 0.207 e. The van der Waals surface area contributed by atoms with Crippen molar-refractivity contribution in [2.45, 2.75) is 19.8 Å². The number of benzene rings is 1. The molecule has 1 aromatic carbocycles. The Hall–Kier alpha value is -2.55. The van der Waals surface area contributed by atoms with E-state index in [2.05, 4.69) is 28.1 Å². The fourth-order valence-electron chi connectivity index (χ4n) is 2.66. The molecule has 1 aliphatic rings. The number of methoxy groups -OCH3 is 1. The molecule has 0 unspecified atom stereocenters. The Kier molecular flexibility index (Phi) is 3.96. The molecule has 2 heterocycles. The van der Waals surface area contributed by atoms with Crippen molar-refractivity contribution in [1.29, 1.82) is 5.26 Å². The number of aromatic nitrogens is 3. The molecule has 0 aliphatic carbocycles. The summed E-state index contributed by atoms with van der Waals surface area (Å²) in [5.74, 6) is 2.15. The fourth-order valence-corrected chi connectivity index (χ4v) is 2.66. The average molecular weight is 297 g/mol. The molecule has 114 valence electrons. The van der Waals surface area contributed by atoms with Crippen LogP contribution in [0.2, 0.25) is 0 Å². The van der Waals surface area contributed by atoms with Gasteiger partial charge in [-0.05, 0) is 30.9 Å². The third-order valence-corrected chi connectivity index (χ3v) is 4.07. The van der Waals surface area contributed by atoms with Crippen LogP contribution in [0.4, 0.5) is 5.82 Å². The number of nitriles is 1. The minimum atomic E-state index is 0.373. The van der Waals surface area contributed by atoms with Gasteiger partial charge in [0.2, 0.25) is 5.69 Å². The molecule has 0 saturated carbocycles. The van der Waals surface area contributed by atoms with Gasteiger partial charge in [-0.1, -0.05) is 13.0 Å². The first-order valence-electron chi connectivity index (χ1n) is 7.48. The van der Waals surface area contributed by atoms with Gasteiger partial charge in [0.05, 0.1) is 12.8 Å². The van der Waals surface area contributed by atoms with Crippen molar-refractivity contribution >= 4 is 5.82 Å². The Morgan fingerprint density at radius 2 is 2.05 bits per heavy atom. The molecule has 1 aromatic heterocycles. The first-order chi connectivity index (χ1) is 10.7. The number of hydrogen-bond donors (Lipinski definition) is 0. The van der Waals surface area contributed by atoms with Gasteiger partial charge in [0, 0.05) is 19.2 Å². The minimum Gasteiger partial charge on any atom is -0.497 e. The molecule has 0 amide bonds. The highest BCUT2D eigenvalue weighted by Crippen LogP contribution is 2.24. The van der Waals surface area contributed by atoms with E-state index >= 15 is 0 Å². The molecular weight excluding hydrogens is 278 g/mol. The molecular formula is C16H19N5O. The molecule has 6 nitrogen and oxygen atoms in total. The Morgan fingerprint density at radius 1 is 1.27 bits per heavy atom. The van der Waals surface area contributed by atoms with Crippen molar-refractivity contribution in [3.8, 4) is 17.5 Å². The molecule has 0 bridgehead atoms. The second-order valence-electron chi connectivity index (χ2n) is 5.64. The van der Waals surface area contributed by atoms with E-state index in [0.717, 1.165) is 43.3 Å². The number of nitrogens with zero attached hydrogens (tertiary/aromatic N) is 5. The van der Waals surface area contributed by atoms with Crippen molar-refractivity contribution in [3.63, 3.8) is 0 Å². The lowest BCUT2D eigenvalue weighted by Crippen LogP contribution is -2.33. The zero-order chi connectivity index (χ0) is 15.5. The van der Waals surface area contributed by atoms with E-state index < -0.39 is 0 Å². The lowest BCUT2D eigenvalue weighted by Gasteiger charge is -2.30. The van der Waals surface area contributed by atoms with Gasteiger partial charge < -0.3 is 9.64 Å². The van der Waals surface area contributed by atoms with Gasteiger partial charge in [-0.15, -0.1) is 15.0 Å². The Labute approximate surface area is 129 Å². The monoisotopic (exact) mass is 297 g/mol. The first-order valence-corrected chi connectivity index (χ1v) is 7.48. The molecule has 22 heavy (non-hydrogen) atoms. The maximum atomic E-state index is 9.34. The standard InChI is InChI=1S/C16H19N5O/c1-12-6-8-20(9-7-12)16-15(11-17)18-21(19-16)13-4-3-5-14(10-13)22-2/h3-5,10,12H,6-9H2,1-2H3. The fraction of sp³-hybridized carbons (Fsp3) is 0.438. The predicted molar refractivity (Wildman–Crippen MR) is 83.2 cm³/mol. The number of ether oxygens (including phenoxy) is 1. The molecule has 2 aromatic rings. The van der Waals surface area contributed by atoms with Crippen LogP contribution >= 0.6 is 0 Å². The molecule has 0 N–H and O–H groups in total. The van der Waals surface area contributed by atoms with Crippen LogP contribution < -0.4 is 9.64 Å². The molecule has 3 rings (SSSR count). The Morgan fingerprint density at radius 3 is 2.73 bits per heavy atom. The van der Waals surface area contributed by atoms with Crippen molar-refractivity contribution in [1.82, 2.24) is 15.0 Å². The van der Waals surface area contributed by atoms with Crippen molar-refractivity contribution in [3.05, 3.63) is 30.0 Å². The molecule has 0 radical (unpaired) electrons. The van der Waals surface area contributed by atoms with E-state index in [-0.39, 0.29) is 0 Å². The summed E-state index contributed by atoms with van der Waals surface area (Å²) >= 11 is 0. The number of rotatable bonds is 3. The van der Waals surface area contributed by atoms with E-state index in [4.69, 9.17) is 4.74 Å². The van der Waals surface area contributed by atoms with E-state index in [1.54, 1.807) is 7.11 Å². The first kappa shape index (κ1) is 14.4. The second-order valence-corrected chi connectivity index (χ2v) is 5.64. The van der Waals surface area contributed by atoms with Gasteiger partial charge in [0.15, 0.2) is 5.82 Å². The summed E-state index contributed by atoms with van der Waals surface area (Å²) in [6, 6.07) is 9.65. The van der Waals surface area contributed by atoms with Crippen LogP contribution in [0.15, 0.2) is 24.3 Å². The Bertz CT molecular complexity index is 695. The van der Waals surface area contributed by atoms with Gasteiger partial charge >= 0.3 is 0 Å². The average Bonchev–Trinajstić information content (AvgIpc) is 3.00. The zero-order valence-corrected chi connectivity index (χ0v) is 12.9. The van der Waals surface area contributed by atoms with Gasteiger partial charge in [-0.25, -0.2) is 0 Å². The van der Waals surface area contributed by atoms with Gasteiger partial charge in [0.25, 0.3) is 0 Å². The lowest BCUT2D eigenvalue weighted by atomic mass is 9.99. The van der Waals surface area contributed by atoms with Gasteiger partial charge in [0.1, 0.15) is 11.8 Å². The topological polar surface area (TPSA) is 67.0 Å². The van der Waals surface area contributed by atoms with Gasteiger partial charge in [-0.3, -0.25) is 0 Å². The second kappa shape index (κ2) is 6.06. The number of piperidine rings is 1. The summed E-state index contributed by atoms with van der Waals surface area (Å²) in [7, 11) is 1.62.